The molecule has 182 valence electrons. The Labute approximate surface area is 203 Å². The molecule has 6 nitrogen and oxygen atoms in total. The average Bonchev–Trinajstić information content (AvgIpc) is 2.82. The Morgan fingerprint density at radius 2 is 1.67 bits per heavy atom. The summed E-state index contributed by atoms with van der Waals surface area (Å²) in [6.07, 6.45) is -3.66. The highest BCUT2D eigenvalue weighted by molar-refractivity contribution is 7.90. The van der Waals surface area contributed by atoms with Gasteiger partial charge in [-0.3, -0.25) is 4.98 Å². The van der Waals surface area contributed by atoms with E-state index in [0.717, 1.165) is 12.1 Å². The quantitative estimate of drug-likeness (QED) is 0.370. The number of rotatable bonds is 5. The van der Waals surface area contributed by atoms with E-state index in [1.165, 1.54) is 42.6 Å². The van der Waals surface area contributed by atoms with Crippen LogP contribution in [0.15, 0.2) is 83.9 Å². The van der Waals surface area contributed by atoms with Crippen molar-refractivity contribution in [1.82, 2.24) is 4.98 Å². The van der Waals surface area contributed by atoms with E-state index in [0.29, 0.717) is 16.7 Å². The van der Waals surface area contributed by atoms with Gasteiger partial charge < -0.3 is 9.84 Å². The van der Waals surface area contributed by atoms with E-state index in [-0.39, 0.29) is 21.4 Å². The third-order valence-corrected chi connectivity index (χ3v) is 6.78. The van der Waals surface area contributed by atoms with Gasteiger partial charge in [-0.15, -0.1) is 13.2 Å². The van der Waals surface area contributed by atoms with Gasteiger partial charge in [0.15, 0.2) is 9.84 Å². The van der Waals surface area contributed by atoms with Crippen molar-refractivity contribution in [2.24, 2.45) is 0 Å². The number of hydrogen-bond acceptors (Lipinski definition) is 5. The normalized spacial score (nSPS) is 11.5. The lowest BCUT2D eigenvalue weighted by Crippen LogP contribution is -2.17. The maximum absolute atomic E-state index is 13.3. The number of hydrogen-bond donors (Lipinski definition) is 1. The van der Waals surface area contributed by atoms with Gasteiger partial charge in [-0.2, -0.15) is 0 Å². The molecule has 0 radical (unpaired) electrons. The highest BCUT2D eigenvalue weighted by Gasteiger charge is 2.32. The van der Waals surface area contributed by atoms with Crippen molar-refractivity contribution >= 4 is 26.7 Å². The summed E-state index contributed by atoms with van der Waals surface area (Å²) in [5, 5.41) is 8.91. The van der Waals surface area contributed by atoms with E-state index in [9.17, 15) is 26.4 Å². The molecule has 1 heterocycles. The highest BCUT2D eigenvalue weighted by atomic mass is 32.2. The molecule has 0 saturated heterocycles. The minimum atomic E-state index is -4.95. The fraction of sp³-hybridized carbons (Fsp3) is 0.0769. The van der Waals surface area contributed by atoms with Crippen molar-refractivity contribution in [2.45, 2.75) is 17.0 Å². The van der Waals surface area contributed by atoms with Crippen LogP contribution in [0.4, 0.5) is 13.2 Å². The monoisotopic (exact) mass is 511 g/mol. The molecule has 0 amide bonds. The third-order valence-electron chi connectivity index (χ3n) is 5.09. The zero-order valence-corrected chi connectivity index (χ0v) is 19.1. The summed E-state index contributed by atoms with van der Waals surface area (Å²) in [6.45, 7) is 0. The number of carbonyl (C=O) groups is 1. The van der Waals surface area contributed by atoms with Gasteiger partial charge in [-0.1, -0.05) is 30.0 Å². The van der Waals surface area contributed by atoms with Gasteiger partial charge in [-0.25, -0.2) is 13.2 Å². The summed E-state index contributed by atoms with van der Waals surface area (Å²) in [7, 11) is -4.05. The van der Waals surface area contributed by atoms with Gasteiger partial charge in [0.1, 0.15) is 5.75 Å². The molecule has 1 aromatic heterocycles. The molecule has 10 heteroatoms. The van der Waals surface area contributed by atoms with Gasteiger partial charge in [0, 0.05) is 22.7 Å². The predicted molar refractivity (Wildman–Crippen MR) is 125 cm³/mol. The molecular weight excluding hydrogens is 495 g/mol. The first-order chi connectivity index (χ1) is 17.0. The Morgan fingerprint density at radius 1 is 0.944 bits per heavy atom. The van der Waals surface area contributed by atoms with E-state index in [1.807, 2.05) is 0 Å². The topological polar surface area (TPSA) is 93.6 Å². The summed E-state index contributed by atoms with van der Waals surface area (Å²) in [4.78, 5) is 14.8. The van der Waals surface area contributed by atoms with Crippen LogP contribution in [0.3, 0.4) is 0 Å². The Kier molecular flexibility index (Phi) is 6.68. The van der Waals surface area contributed by atoms with Crippen molar-refractivity contribution in [3.8, 4) is 17.6 Å². The van der Waals surface area contributed by atoms with Crippen molar-refractivity contribution in [3.05, 3.63) is 101 Å². The van der Waals surface area contributed by atoms with Crippen LogP contribution in [0.5, 0.6) is 5.75 Å². The summed E-state index contributed by atoms with van der Waals surface area (Å²) >= 11 is 0. The fourth-order valence-electron chi connectivity index (χ4n) is 3.47. The number of halogens is 3. The van der Waals surface area contributed by atoms with E-state index >= 15 is 0 Å². The number of aromatic nitrogens is 1. The zero-order chi connectivity index (χ0) is 25.9. The fourth-order valence-corrected chi connectivity index (χ4v) is 5.02. The molecule has 0 aliphatic heterocycles. The van der Waals surface area contributed by atoms with Crippen LogP contribution in [0.2, 0.25) is 0 Å². The van der Waals surface area contributed by atoms with Crippen LogP contribution >= 0.6 is 0 Å². The molecule has 0 aliphatic carbocycles. The maximum Gasteiger partial charge on any atom is 0.573 e. The summed E-state index contributed by atoms with van der Waals surface area (Å²) in [5.74, 6) is 3.69. The zero-order valence-electron chi connectivity index (χ0n) is 18.3. The highest BCUT2D eigenvalue weighted by Crippen LogP contribution is 2.34. The lowest BCUT2D eigenvalue weighted by molar-refractivity contribution is -0.274. The lowest BCUT2D eigenvalue weighted by atomic mass is 10.1. The van der Waals surface area contributed by atoms with Gasteiger partial charge in [-0.05, 0) is 60.2 Å². The molecule has 0 spiro atoms. The number of carboxylic acids is 1. The third kappa shape index (κ3) is 5.64. The van der Waals surface area contributed by atoms with E-state index in [1.54, 1.807) is 24.3 Å². The number of pyridine rings is 1. The summed E-state index contributed by atoms with van der Waals surface area (Å²) < 4.78 is 69.1. The van der Waals surface area contributed by atoms with Crippen molar-refractivity contribution in [2.75, 3.05) is 0 Å². The molecule has 4 rings (SSSR count). The Bertz CT molecular complexity index is 1620. The van der Waals surface area contributed by atoms with Crippen LogP contribution in [-0.4, -0.2) is 30.8 Å². The lowest BCUT2D eigenvalue weighted by Gasteiger charge is -2.14. The number of fused-ring (bicyclic) bond motifs is 1. The maximum atomic E-state index is 13.3. The summed E-state index contributed by atoms with van der Waals surface area (Å²) in [5.41, 5.74) is 1.32. The smallest absolute Gasteiger partial charge is 0.478 e. The molecule has 0 bridgehead atoms. The van der Waals surface area contributed by atoms with Crippen LogP contribution in [0, 0.1) is 11.8 Å². The Hall–Kier alpha value is -4.36. The Morgan fingerprint density at radius 3 is 2.36 bits per heavy atom. The van der Waals surface area contributed by atoms with Gasteiger partial charge >= 0.3 is 12.3 Å². The van der Waals surface area contributed by atoms with Crippen LogP contribution in [0.1, 0.15) is 27.0 Å². The second-order valence-electron chi connectivity index (χ2n) is 7.56. The molecule has 36 heavy (non-hydrogen) atoms. The molecule has 3 aromatic carbocycles. The molecule has 0 atom stereocenters. The first kappa shape index (κ1) is 24.8. The first-order valence-corrected chi connectivity index (χ1v) is 12.0. The number of ether oxygens (including phenoxy) is 1. The largest absolute Gasteiger partial charge is 0.573 e. The van der Waals surface area contributed by atoms with Crippen LogP contribution in [0.25, 0.3) is 10.9 Å². The van der Waals surface area contributed by atoms with Gasteiger partial charge in [0.05, 0.1) is 21.7 Å². The predicted octanol–water partition coefficient (Wildman–Crippen LogP) is 5.21. The van der Waals surface area contributed by atoms with Crippen molar-refractivity contribution in [1.29, 1.82) is 0 Å². The number of aromatic carboxylic acids is 1. The second-order valence-corrected chi connectivity index (χ2v) is 9.52. The van der Waals surface area contributed by atoms with E-state index < -0.39 is 33.7 Å². The number of nitrogens with zero attached hydrogens (tertiary/aromatic N) is 1. The number of benzene rings is 3. The number of sulfone groups is 1. The molecule has 1 N–H and O–H groups in total. The molecular formula is C26H16F3NO5S. The standard InChI is InChI=1S/C26H16F3NO5S/c27-26(28,29)35-22-13-14-23(24-21(22)6-3-15-30-24)36(33,34)16-20-5-2-1-4-18(20)10-7-17-8-11-19(12-9-17)25(31)32/h1-6,8-9,11-15H,16H2,(H,31,32). The molecule has 0 saturated carbocycles. The average molecular weight is 511 g/mol. The Balaban J connectivity index is 1.69. The van der Waals surface area contributed by atoms with Crippen LogP contribution < -0.4 is 4.74 Å². The molecule has 0 aliphatic rings. The van der Waals surface area contributed by atoms with Gasteiger partial charge in [0.2, 0.25) is 0 Å². The minimum absolute atomic E-state index is 0.0891. The van der Waals surface area contributed by atoms with Crippen molar-refractivity contribution in [3.63, 3.8) is 0 Å². The van der Waals surface area contributed by atoms with Crippen LogP contribution in [-0.2, 0) is 15.6 Å². The SMILES string of the molecule is O=C(O)c1ccc(C#Cc2ccccc2CS(=O)(=O)c2ccc(OC(F)(F)F)c3cccnc23)cc1. The molecule has 4 aromatic rings. The molecule has 0 fully saturated rings. The minimum Gasteiger partial charge on any atom is -0.478 e. The van der Waals surface area contributed by atoms with Crippen molar-refractivity contribution < 1.29 is 36.2 Å². The first-order valence-electron chi connectivity index (χ1n) is 10.3. The number of alkyl halides is 3. The molecule has 0 unspecified atom stereocenters. The van der Waals surface area contributed by atoms with E-state index in [2.05, 4.69) is 21.6 Å². The number of carboxylic acid groups (broad SMARTS) is 1. The van der Waals surface area contributed by atoms with Gasteiger partial charge in [0.25, 0.3) is 0 Å². The second kappa shape index (κ2) is 9.71. The van der Waals surface area contributed by atoms with E-state index in [4.69, 9.17) is 5.11 Å². The summed E-state index contributed by atoms with van der Waals surface area (Å²) in [6, 6.07) is 17.2.